The molecule has 0 saturated carbocycles. The third-order valence-corrected chi connectivity index (χ3v) is 5.05. The van der Waals surface area contributed by atoms with Crippen LogP contribution < -0.4 is 10.5 Å². The van der Waals surface area contributed by atoms with Crippen LogP contribution in [0.15, 0.2) is 48.5 Å². The molecule has 0 fully saturated rings. The van der Waals surface area contributed by atoms with Crippen LogP contribution in [0.5, 0.6) is 5.75 Å². The van der Waals surface area contributed by atoms with Crippen molar-refractivity contribution in [3.8, 4) is 5.75 Å². The van der Waals surface area contributed by atoms with Crippen molar-refractivity contribution in [3.05, 3.63) is 54.1 Å². The fourth-order valence-electron chi connectivity index (χ4n) is 3.85. The number of ether oxygens (including phenoxy) is 1. The monoisotopic (exact) mass is 303 g/mol. The van der Waals surface area contributed by atoms with Crippen molar-refractivity contribution >= 4 is 32.3 Å². The first-order valence-electron chi connectivity index (χ1n) is 8.23. The molecule has 1 unspecified atom stereocenters. The van der Waals surface area contributed by atoms with E-state index in [1.54, 1.807) is 7.11 Å². The Kier molecular flexibility index (Phi) is 3.35. The molecular weight excluding hydrogens is 282 g/mol. The van der Waals surface area contributed by atoms with Crippen LogP contribution in [0.1, 0.15) is 24.8 Å². The topological polar surface area (TPSA) is 35.2 Å². The van der Waals surface area contributed by atoms with Crippen molar-refractivity contribution in [1.29, 1.82) is 0 Å². The van der Waals surface area contributed by atoms with Crippen molar-refractivity contribution in [3.63, 3.8) is 0 Å². The van der Waals surface area contributed by atoms with Crippen LogP contribution in [0.3, 0.4) is 0 Å². The van der Waals surface area contributed by atoms with E-state index in [0.29, 0.717) is 12.5 Å². The minimum atomic E-state index is 0.326. The summed E-state index contributed by atoms with van der Waals surface area (Å²) in [5, 5.41) is 7.65. The van der Waals surface area contributed by atoms with E-state index in [1.165, 1.54) is 37.9 Å². The molecule has 1 atom stereocenters. The molecule has 0 radical (unpaired) electrons. The molecule has 0 aromatic heterocycles. The lowest BCUT2D eigenvalue weighted by molar-refractivity contribution is 0.410. The van der Waals surface area contributed by atoms with E-state index in [9.17, 15) is 0 Å². The molecule has 0 spiro atoms. The Hall–Kier alpha value is -2.32. The maximum absolute atomic E-state index is 6.00. The van der Waals surface area contributed by atoms with Gasteiger partial charge >= 0.3 is 0 Å². The van der Waals surface area contributed by atoms with Gasteiger partial charge in [0.25, 0.3) is 0 Å². The summed E-state index contributed by atoms with van der Waals surface area (Å²) in [7, 11) is 1.76. The van der Waals surface area contributed by atoms with Gasteiger partial charge in [0, 0.05) is 10.8 Å². The van der Waals surface area contributed by atoms with Crippen LogP contribution in [-0.4, -0.2) is 13.7 Å². The molecule has 0 amide bonds. The molecule has 0 aliphatic heterocycles. The minimum Gasteiger partial charge on any atom is -0.496 e. The second-order valence-corrected chi connectivity index (χ2v) is 6.20. The molecule has 0 heterocycles. The summed E-state index contributed by atoms with van der Waals surface area (Å²) in [4.78, 5) is 0. The number of rotatable bonds is 4. The molecule has 4 aromatic rings. The van der Waals surface area contributed by atoms with E-state index in [2.05, 4.69) is 55.5 Å². The van der Waals surface area contributed by atoms with Crippen molar-refractivity contribution in [2.75, 3.05) is 13.7 Å². The van der Waals surface area contributed by atoms with Gasteiger partial charge in [0.15, 0.2) is 0 Å². The number of hydrogen-bond acceptors (Lipinski definition) is 2. The Bertz CT molecular complexity index is 970. The van der Waals surface area contributed by atoms with Gasteiger partial charge in [0.05, 0.1) is 7.11 Å². The van der Waals surface area contributed by atoms with Crippen LogP contribution in [0, 0.1) is 0 Å². The molecule has 0 aliphatic carbocycles. The zero-order valence-electron chi connectivity index (χ0n) is 13.6. The predicted octanol–water partition coefficient (Wildman–Crippen LogP) is 5.04. The van der Waals surface area contributed by atoms with Crippen LogP contribution in [0.2, 0.25) is 0 Å². The van der Waals surface area contributed by atoms with E-state index in [4.69, 9.17) is 10.5 Å². The highest BCUT2D eigenvalue weighted by Gasteiger charge is 2.19. The van der Waals surface area contributed by atoms with Gasteiger partial charge in [-0.05, 0) is 58.1 Å². The van der Waals surface area contributed by atoms with E-state index in [1.807, 2.05) is 0 Å². The predicted molar refractivity (Wildman–Crippen MR) is 98.8 cm³/mol. The molecule has 0 bridgehead atoms. The SMILES string of the molecule is CCC(CN)c1cc2ccc3cccc4ccc(c1OC)c2c34. The van der Waals surface area contributed by atoms with Crippen LogP contribution in [-0.2, 0) is 0 Å². The molecule has 4 rings (SSSR count). The third kappa shape index (κ3) is 1.98. The normalized spacial score (nSPS) is 13.2. The zero-order valence-corrected chi connectivity index (χ0v) is 13.6. The highest BCUT2D eigenvalue weighted by Crippen LogP contribution is 2.42. The van der Waals surface area contributed by atoms with Crippen molar-refractivity contribution in [2.24, 2.45) is 5.73 Å². The fourth-order valence-corrected chi connectivity index (χ4v) is 3.85. The molecule has 2 nitrogen and oxygen atoms in total. The summed E-state index contributed by atoms with van der Waals surface area (Å²) in [5.41, 5.74) is 7.23. The first-order chi connectivity index (χ1) is 11.3. The number of benzene rings is 4. The van der Waals surface area contributed by atoms with E-state index in [0.717, 1.165) is 12.2 Å². The van der Waals surface area contributed by atoms with Gasteiger partial charge in [0.1, 0.15) is 5.75 Å². The molecule has 4 aromatic carbocycles. The second kappa shape index (κ2) is 5.39. The summed E-state index contributed by atoms with van der Waals surface area (Å²) in [6.45, 7) is 2.82. The number of nitrogens with two attached hydrogens (primary N) is 1. The van der Waals surface area contributed by atoms with Crippen molar-refractivity contribution in [1.82, 2.24) is 0 Å². The number of methoxy groups -OCH3 is 1. The van der Waals surface area contributed by atoms with Crippen molar-refractivity contribution < 1.29 is 4.74 Å². The van der Waals surface area contributed by atoms with Gasteiger partial charge in [-0.25, -0.2) is 0 Å². The molecule has 2 heteroatoms. The fraction of sp³-hybridized carbons (Fsp3) is 0.238. The average molecular weight is 303 g/mol. The summed E-state index contributed by atoms with van der Waals surface area (Å²) in [6.07, 6.45) is 1.01. The quantitative estimate of drug-likeness (QED) is 0.536. The summed E-state index contributed by atoms with van der Waals surface area (Å²) in [6, 6.07) is 17.6. The van der Waals surface area contributed by atoms with Gasteiger partial charge in [-0.3, -0.25) is 0 Å². The van der Waals surface area contributed by atoms with Crippen LogP contribution >= 0.6 is 0 Å². The molecule has 0 aliphatic rings. The molecule has 23 heavy (non-hydrogen) atoms. The van der Waals surface area contributed by atoms with Crippen molar-refractivity contribution in [2.45, 2.75) is 19.3 Å². The summed E-state index contributed by atoms with van der Waals surface area (Å²) in [5.74, 6) is 1.31. The third-order valence-electron chi connectivity index (χ3n) is 5.05. The highest BCUT2D eigenvalue weighted by atomic mass is 16.5. The summed E-state index contributed by atoms with van der Waals surface area (Å²) >= 11 is 0. The second-order valence-electron chi connectivity index (χ2n) is 6.20. The average Bonchev–Trinajstić information content (AvgIpc) is 2.60. The van der Waals surface area contributed by atoms with Crippen LogP contribution in [0.25, 0.3) is 32.3 Å². The standard InChI is InChI=1S/C21H21NO/c1-3-13(12-22)18-11-16-8-7-14-5-4-6-15-9-10-17(21(18)23-2)20(16)19(14)15/h4-11,13H,3,12,22H2,1-2H3. The van der Waals surface area contributed by atoms with E-state index >= 15 is 0 Å². The van der Waals surface area contributed by atoms with Gasteiger partial charge in [0.2, 0.25) is 0 Å². The molecule has 2 N–H and O–H groups in total. The Morgan fingerprint density at radius 3 is 2.30 bits per heavy atom. The van der Waals surface area contributed by atoms with Gasteiger partial charge in [-0.15, -0.1) is 0 Å². The lowest BCUT2D eigenvalue weighted by Crippen LogP contribution is -2.12. The lowest BCUT2D eigenvalue weighted by atomic mass is 9.87. The number of hydrogen-bond donors (Lipinski definition) is 1. The Labute approximate surface area is 136 Å². The largest absolute Gasteiger partial charge is 0.496 e. The van der Waals surface area contributed by atoms with E-state index < -0.39 is 0 Å². The summed E-state index contributed by atoms with van der Waals surface area (Å²) < 4.78 is 5.83. The molecule has 0 saturated heterocycles. The molecule has 116 valence electrons. The van der Waals surface area contributed by atoms with Gasteiger partial charge in [-0.2, -0.15) is 0 Å². The maximum atomic E-state index is 6.00. The Balaban J connectivity index is 2.20. The first kappa shape index (κ1) is 14.3. The van der Waals surface area contributed by atoms with Gasteiger partial charge in [-0.1, -0.05) is 43.3 Å². The Morgan fingerprint density at radius 1 is 0.957 bits per heavy atom. The lowest BCUT2D eigenvalue weighted by Gasteiger charge is -2.21. The molecular formula is C21H21NO. The zero-order chi connectivity index (χ0) is 16.0. The highest BCUT2D eigenvalue weighted by molar-refractivity contribution is 6.24. The van der Waals surface area contributed by atoms with Gasteiger partial charge < -0.3 is 10.5 Å². The smallest absolute Gasteiger partial charge is 0.130 e. The Morgan fingerprint density at radius 2 is 1.65 bits per heavy atom. The first-order valence-corrected chi connectivity index (χ1v) is 8.23. The maximum Gasteiger partial charge on any atom is 0.130 e. The van der Waals surface area contributed by atoms with Crippen LogP contribution in [0.4, 0.5) is 0 Å². The minimum absolute atomic E-state index is 0.326. The van der Waals surface area contributed by atoms with E-state index in [-0.39, 0.29) is 0 Å².